The van der Waals surface area contributed by atoms with Crippen molar-refractivity contribution in [1.29, 1.82) is 0 Å². The van der Waals surface area contributed by atoms with Crippen LogP contribution in [0.2, 0.25) is 0 Å². The van der Waals surface area contributed by atoms with E-state index in [1.807, 2.05) is 0 Å². The van der Waals surface area contributed by atoms with Crippen molar-refractivity contribution in [2.75, 3.05) is 6.26 Å². The predicted molar refractivity (Wildman–Crippen MR) is 30.7 cm³/mol. The van der Waals surface area contributed by atoms with E-state index in [9.17, 15) is 9.59 Å². The van der Waals surface area contributed by atoms with Gasteiger partial charge >= 0.3 is 11.3 Å². The van der Waals surface area contributed by atoms with Gasteiger partial charge in [-0.15, -0.1) is 0 Å². The van der Waals surface area contributed by atoms with Crippen LogP contribution in [0.1, 0.15) is 6.92 Å². The van der Waals surface area contributed by atoms with Crippen LogP contribution in [-0.2, 0) is 9.53 Å². The summed E-state index contributed by atoms with van der Waals surface area (Å²) >= 11 is 0.871. The van der Waals surface area contributed by atoms with Crippen LogP contribution in [0.5, 0.6) is 0 Å². The number of rotatable bonds is 0. The number of thioether (sulfide) groups is 1. The van der Waals surface area contributed by atoms with E-state index in [4.69, 9.17) is 0 Å². The van der Waals surface area contributed by atoms with E-state index < -0.39 is 11.3 Å². The van der Waals surface area contributed by atoms with Gasteiger partial charge in [-0.1, -0.05) is 0 Å². The maximum absolute atomic E-state index is 10.1. The third kappa shape index (κ3) is 3.67. The van der Waals surface area contributed by atoms with Gasteiger partial charge in [0.15, 0.2) is 0 Å². The third-order valence-electron chi connectivity index (χ3n) is 0.394. The fraction of sp³-hybridized carbons (Fsp3) is 0.500. The van der Waals surface area contributed by atoms with Crippen molar-refractivity contribution < 1.29 is 14.3 Å². The molecular formula is C4H6O3S. The standard InChI is InChI=1S/C4H6O3S/c1-3(5)7-4(6)8-2/h1-2H3. The van der Waals surface area contributed by atoms with Gasteiger partial charge in [-0.25, -0.2) is 4.79 Å². The Balaban J connectivity index is 3.40. The van der Waals surface area contributed by atoms with Gasteiger partial charge in [0.2, 0.25) is 0 Å². The zero-order valence-corrected chi connectivity index (χ0v) is 5.45. The lowest BCUT2D eigenvalue weighted by molar-refractivity contribution is -0.133. The lowest BCUT2D eigenvalue weighted by Gasteiger charge is -1.91. The van der Waals surface area contributed by atoms with Gasteiger partial charge in [0, 0.05) is 6.92 Å². The second-order valence-corrected chi connectivity index (χ2v) is 1.79. The zero-order chi connectivity index (χ0) is 6.57. The maximum atomic E-state index is 10.1. The molecule has 0 aliphatic heterocycles. The van der Waals surface area contributed by atoms with Crippen molar-refractivity contribution >= 4 is 23.0 Å². The highest BCUT2D eigenvalue weighted by Crippen LogP contribution is 1.97. The first-order valence-corrected chi connectivity index (χ1v) is 3.15. The molecule has 0 aliphatic carbocycles. The fourth-order valence-corrected chi connectivity index (χ4v) is 0.360. The summed E-state index contributed by atoms with van der Waals surface area (Å²) in [6.07, 6.45) is 1.55. The molecule has 0 heterocycles. The molecule has 0 rings (SSSR count). The smallest absolute Gasteiger partial charge is 0.374 e. The van der Waals surface area contributed by atoms with Crippen molar-refractivity contribution in [3.05, 3.63) is 0 Å². The minimum absolute atomic E-state index is 0.558. The third-order valence-corrected chi connectivity index (χ3v) is 0.810. The molecule has 0 N–H and O–H groups in total. The van der Waals surface area contributed by atoms with Gasteiger partial charge in [-0.3, -0.25) is 4.79 Å². The second-order valence-electron chi connectivity index (χ2n) is 1.05. The number of esters is 1. The van der Waals surface area contributed by atoms with E-state index >= 15 is 0 Å². The SMILES string of the molecule is CSC(=O)OC(C)=O. The Morgan fingerprint density at radius 2 is 2.00 bits per heavy atom. The molecule has 0 amide bonds. The van der Waals surface area contributed by atoms with Crippen molar-refractivity contribution in [2.45, 2.75) is 6.92 Å². The maximum Gasteiger partial charge on any atom is 0.374 e. The number of carbonyl (C=O) groups excluding carboxylic acids is 2. The molecule has 0 unspecified atom stereocenters. The second kappa shape index (κ2) is 3.49. The van der Waals surface area contributed by atoms with E-state index in [0.29, 0.717) is 0 Å². The first-order chi connectivity index (χ1) is 3.66. The van der Waals surface area contributed by atoms with Crippen molar-refractivity contribution in [3.8, 4) is 0 Å². The Morgan fingerprint density at radius 3 is 2.12 bits per heavy atom. The van der Waals surface area contributed by atoms with Gasteiger partial charge in [0.1, 0.15) is 0 Å². The minimum atomic E-state index is -0.565. The molecule has 0 atom stereocenters. The Kier molecular flexibility index (Phi) is 3.26. The van der Waals surface area contributed by atoms with Gasteiger partial charge in [0.05, 0.1) is 0 Å². The highest BCUT2D eigenvalue weighted by Gasteiger charge is 2.00. The van der Waals surface area contributed by atoms with Crippen LogP contribution in [0.15, 0.2) is 0 Å². The molecule has 0 spiro atoms. The van der Waals surface area contributed by atoms with Gasteiger partial charge in [-0.2, -0.15) is 0 Å². The summed E-state index contributed by atoms with van der Waals surface area (Å²) in [5.74, 6) is -0.565. The summed E-state index contributed by atoms with van der Waals surface area (Å²) in [7, 11) is 0. The number of ether oxygens (including phenoxy) is 1. The normalized spacial score (nSPS) is 8.25. The highest BCUT2D eigenvalue weighted by atomic mass is 32.2. The number of hydrogen-bond donors (Lipinski definition) is 0. The minimum Gasteiger partial charge on any atom is -0.385 e. The van der Waals surface area contributed by atoms with Gasteiger partial charge < -0.3 is 4.74 Å². The van der Waals surface area contributed by atoms with Crippen LogP contribution in [0.25, 0.3) is 0 Å². The van der Waals surface area contributed by atoms with Crippen LogP contribution < -0.4 is 0 Å². The van der Waals surface area contributed by atoms with E-state index in [0.717, 1.165) is 11.8 Å². The summed E-state index contributed by atoms with van der Waals surface area (Å²) in [5, 5.41) is -0.558. The molecule has 0 aliphatic rings. The number of hydrogen-bond acceptors (Lipinski definition) is 4. The fourth-order valence-electron chi connectivity index (χ4n) is 0.159. The zero-order valence-electron chi connectivity index (χ0n) is 4.63. The molecule has 8 heavy (non-hydrogen) atoms. The first kappa shape index (κ1) is 7.49. The van der Waals surface area contributed by atoms with Crippen molar-refractivity contribution in [2.24, 2.45) is 0 Å². The molecule has 0 aromatic rings. The van der Waals surface area contributed by atoms with Crippen LogP contribution in [-0.4, -0.2) is 17.5 Å². The molecule has 0 radical (unpaired) electrons. The van der Waals surface area contributed by atoms with Gasteiger partial charge in [-0.05, 0) is 18.0 Å². The largest absolute Gasteiger partial charge is 0.385 e. The van der Waals surface area contributed by atoms with E-state index in [1.54, 1.807) is 6.26 Å². The topological polar surface area (TPSA) is 43.4 Å². The van der Waals surface area contributed by atoms with Crippen molar-refractivity contribution in [1.82, 2.24) is 0 Å². The average molecular weight is 134 g/mol. The quantitative estimate of drug-likeness (QED) is 0.366. The van der Waals surface area contributed by atoms with Crippen LogP contribution in [0, 0.1) is 0 Å². The van der Waals surface area contributed by atoms with Crippen LogP contribution in [0.4, 0.5) is 4.79 Å². The Bertz CT molecular complexity index is 110. The molecule has 0 aromatic carbocycles. The van der Waals surface area contributed by atoms with E-state index in [-0.39, 0.29) is 0 Å². The van der Waals surface area contributed by atoms with Crippen LogP contribution in [0.3, 0.4) is 0 Å². The Hall–Kier alpha value is -0.510. The Labute approximate surface area is 51.4 Å². The number of carbonyl (C=O) groups is 2. The summed E-state index contributed by atoms with van der Waals surface area (Å²) < 4.78 is 4.08. The summed E-state index contributed by atoms with van der Waals surface area (Å²) in [6, 6.07) is 0. The molecule has 3 nitrogen and oxygen atoms in total. The summed E-state index contributed by atoms with van der Waals surface area (Å²) in [4.78, 5) is 20.1. The van der Waals surface area contributed by atoms with Crippen LogP contribution >= 0.6 is 11.8 Å². The van der Waals surface area contributed by atoms with Gasteiger partial charge in [0.25, 0.3) is 0 Å². The van der Waals surface area contributed by atoms with Crippen molar-refractivity contribution in [3.63, 3.8) is 0 Å². The molecule has 46 valence electrons. The molecule has 0 saturated heterocycles. The summed E-state index contributed by atoms with van der Waals surface area (Å²) in [6.45, 7) is 1.19. The lowest BCUT2D eigenvalue weighted by atomic mass is 10.8. The Morgan fingerprint density at radius 1 is 1.50 bits per heavy atom. The molecular weight excluding hydrogens is 128 g/mol. The van der Waals surface area contributed by atoms with E-state index in [1.165, 1.54) is 6.92 Å². The molecule has 0 fully saturated rings. The lowest BCUT2D eigenvalue weighted by Crippen LogP contribution is -2.01. The first-order valence-electron chi connectivity index (χ1n) is 1.93. The monoisotopic (exact) mass is 134 g/mol. The average Bonchev–Trinajstić information content (AvgIpc) is 1.65. The molecule has 4 heteroatoms. The highest BCUT2D eigenvalue weighted by molar-refractivity contribution is 8.12. The molecule has 0 saturated carbocycles. The summed E-state index contributed by atoms with van der Waals surface area (Å²) in [5.41, 5.74) is 0. The molecule has 0 aromatic heterocycles. The molecule has 0 bridgehead atoms. The predicted octanol–water partition coefficient (Wildman–Crippen LogP) is 1.03. The van der Waals surface area contributed by atoms with E-state index in [2.05, 4.69) is 4.74 Å².